The lowest BCUT2D eigenvalue weighted by molar-refractivity contribution is 0.467. The first kappa shape index (κ1) is 9.26. The molecule has 1 heterocycles. The fraction of sp³-hybridized carbons (Fsp3) is 0.667. The van der Waals surface area contributed by atoms with E-state index in [1.165, 1.54) is 0 Å². The van der Waals surface area contributed by atoms with Gasteiger partial charge in [0.25, 0.3) is 0 Å². The summed E-state index contributed by atoms with van der Waals surface area (Å²) in [5, 5.41) is 0. The molecule has 0 bridgehead atoms. The van der Waals surface area contributed by atoms with Gasteiger partial charge in [-0.25, -0.2) is 4.98 Å². The molecule has 3 heteroatoms. The van der Waals surface area contributed by atoms with Gasteiger partial charge in [0, 0.05) is 5.41 Å². The Hall–Kier alpha value is -0.830. The molecule has 0 amide bonds. The van der Waals surface area contributed by atoms with Gasteiger partial charge in [0.2, 0.25) is 5.89 Å². The molecule has 0 fully saturated rings. The maximum Gasteiger partial charge on any atom is 0.208 e. The van der Waals surface area contributed by atoms with Crippen molar-refractivity contribution in [1.29, 1.82) is 0 Å². The summed E-state index contributed by atoms with van der Waals surface area (Å²) in [6.07, 6.45) is 0. The van der Waals surface area contributed by atoms with Crippen molar-refractivity contribution >= 4 is 0 Å². The van der Waals surface area contributed by atoms with Crippen molar-refractivity contribution in [3.05, 3.63) is 17.3 Å². The van der Waals surface area contributed by atoms with E-state index < -0.39 is 0 Å². The minimum atomic E-state index is 0.0427. The Morgan fingerprint density at radius 1 is 1.42 bits per heavy atom. The highest BCUT2D eigenvalue weighted by molar-refractivity contribution is 5.17. The number of aryl methyl sites for hydroxylation is 1. The Balaban J connectivity index is 3.08. The minimum absolute atomic E-state index is 0.0427. The zero-order valence-electron chi connectivity index (χ0n) is 8.14. The molecular weight excluding hydrogens is 152 g/mol. The van der Waals surface area contributed by atoms with Gasteiger partial charge in [0.15, 0.2) is 0 Å². The molecule has 1 aromatic rings. The minimum Gasteiger partial charge on any atom is -0.444 e. The van der Waals surface area contributed by atoms with Crippen LogP contribution in [-0.2, 0) is 12.0 Å². The lowest BCUT2D eigenvalue weighted by atomic mass is 9.91. The molecule has 0 aromatic carbocycles. The average Bonchev–Trinajstić information content (AvgIpc) is 2.29. The van der Waals surface area contributed by atoms with E-state index in [0.29, 0.717) is 12.4 Å². The summed E-state index contributed by atoms with van der Waals surface area (Å²) >= 11 is 0. The topological polar surface area (TPSA) is 52.0 Å². The molecule has 0 aliphatic rings. The van der Waals surface area contributed by atoms with Crippen LogP contribution in [0.2, 0.25) is 0 Å². The summed E-state index contributed by atoms with van der Waals surface area (Å²) in [7, 11) is 0. The van der Waals surface area contributed by atoms with Crippen LogP contribution in [0.15, 0.2) is 4.42 Å². The van der Waals surface area contributed by atoms with Crippen LogP contribution in [0.1, 0.15) is 38.1 Å². The van der Waals surface area contributed by atoms with Crippen LogP contribution in [0.3, 0.4) is 0 Å². The maximum atomic E-state index is 5.42. The highest BCUT2D eigenvalue weighted by atomic mass is 16.4. The van der Waals surface area contributed by atoms with Crippen molar-refractivity contribution in [2.24, 2.45) is 5.73 Å². The molecule has 0 aliphatic heterocycles. The molecule has 0 saturated carbocycles. The van der Waals surface area contributed by atoms with E-state index in [4.69, 9.17) is 10.2 Å². The van der Waals surface area contributed by atoms with Crippen molar-refractivity contribution in [3.63, 3.8) is 0 Å². The third-order valence-corrected chi connectivity index (χ3v) is 1.73. The van der Waals surface area contributed by atoms with E-state index in [1.54, 1.807) is 0 Å². The molecular formula is C9H16N2O. The molecule has 0 aliphatic carbocycles. The quantitative estimate of drug-likeness (QED) is 0.695. The van der Waals surface area contributed by atoms with Gasteiger partial charge >= 0.3 is 0 Å². The summed E-state index contributed by atoms with van der Waals surface area (Å²) < 4.78 is 5.35. The number of hydrogen-bond acceptors (Lipinski definition) is 3. The van der Waals surface area contributed by atoms with E-state index in [0.717, 1.165) is 11.5 Å². The van der Waals surface area contributed by atoms with Crippen molar-refractivity contribution in [1.82, 2.24) is 4.98 Å². The third kappa shape index (κ3) is 1.67. The molecule has 0 saturated heterocycles. The molecule has 3 nitrogen and oxygen atoms in total. The van der Waals surface area contributed by atoms with Crippen molar-refractivity contribution in [3.8, 4) is 0 Å². The van der Waals surface area contributed by atoms with Crippen LogP contribution < -0.4 is 5.73 Å². The second-order valence-corrected chi connectivity index (χ2v) is 3.97. The van der Waals surface area contributed by atoms with Gasteiger partial charge in [-0.15, -0.1) is 0 Å². The van der Waals surface area contributed by atoms with E-state index >= 15 is 0 Å². The second-order valence-electron chi connectivity index (χ2n) is 3.97. The molecule has 12 heavy (non-hydrogen) atoms. The first-order chi connectivity index (χ1) is 5.45. The Morgan fingerprint density at radius 3 is 2.25 bits per heavy atom. The Morgan fingerprint density at radius 2 is 2.00 bits per heavy atom. The number of rotatable bonds is 1. The fourth-order valence-electron chi connectivity index (χ4n) is 1.23. The van der Waals surface area contributed by atoms with Gasteiger partial charge in [0.05, 0.1) is 12.2 Å². The molecule has 68 valence electrons. The van der Waals surface area contributed by atoms with Crippen LogP contribution in [0, 0.1) is 6.92 Å². The van der Waals surface area contributed by atoms with Crippen LogP contribution in [0.4, 0.5) is 0 Å². The van der Waals surface area contributed by atoms with Crippen LogP contribution in [-0.4, -0.2) is 4.98 Å². The maximum absolute atomic E-state index is 5.42. The zero-order chi connectivity index (χ0) is 9.35. The standard InChI is InChI=1S/C9H16N2O/c1-6-8(9(2,3)4)11-7(5-10)12-6/h5,10H2,1-4H3. The Bertz CT molecular complexity index is 271. The number of aromatic nitrogens is 1. The molecule has 2 N–H and O–H groups in total. The van der Waals surface area contributed by atoms with E-state index in [-0.39, 0.29) is 5.41 Å². The second kappa shape index (κ2) is 2.90. The summed E-state index contributed by atoms with van der Waals surface area (Å²) in [6.45, 7) is 8.62. The fourth-order valence-corrected chi connectivity index (χ4v) is 1.23. The van der Waals surface area contributed by atoms with Gasteiger partial charge in [-0.2, -0.15) is 0 Å². The zero-order valence-corrected chi connectivity index (χ0v) is 8.14. The highest BCUT2D eigenvalue weighted by Gasteiger charge is 2.21. The van der Waals surface area contributed by atoms with Crippen LogP contribution in [0.5, 0.6) is 0 Å². The molecule has 1 rings (SSSR count). The van der Waals surface area contributed by atoms with Crippen molar-refractivity contribution < 1.29 is 4.42 Å². The highest BCUT2D eigenvalue weighted by Crippen LogP contribution is 2.24. The predicted octanol–water partition coefficient (Wildman–Crippen LogP) is 1.74. The number of nitrogens with zero attached hydrogens (tertiary/aromatic N) is 1. The smallest absolute Gasteiger partial charge is 0.208 e. The molecule has 0 unspecified atom stereocenters. The lowest BCUT2D eigenvalue weighted by Crippen LogP contribution is -2.13. The Kier molecular flexibility index (Phi) is 2.24. The largest absolute Gasteiger partial charge is 0.444 e. The van der Waals surface area contributed by atoms with Crippen LogP contribution >= 0.6 is 0 Å². The summed E-state index contributed by atoms with van der Waals surface area (Å²) in [5.41, 5.74) is 6.46. The monoisotopic (exact) mass is 168 g/mol. The number of oxazole rings is 1. The predicted molar refractivity (Wildman–Crippen MR) is 47.8 cm³/mol. The average molecular weight is 168 g/mol. The number of nitrogens with two attached hydrogens (primary N) is 1. The van der Waals surface area contributed by atoms with Gasteiger partial charge in [-0.3, -0.25) is 0 Å². The van der Waals surface area contributed by atoms with E-state index in [2.05, 4.69) is 25.8 Å². The van der Waals surface area contributed by atoms with Crippen molar-refractivity contribution in [2.75, 3.05) is 0 Å². The van der Waals surface area contributed by atoms with Gasteiger partial charge < -0.3 is 10.2 Å². The molecule has 1 aromatic heterocycles. The molecule has 0 spiro atoms. The SMILES string of the molecule is Cc1oc(CN)nc1C(C)(C)C. The van der Waals surface area contributed by atoms with Gasteiger partial charge in [-0.1, -0.05) is 20.8 Å². The van der Waals surface area contributed by atoms with Gasteiger partial charge in [0.1, 0.15) is 5.76 Å². The first-order valence-corrected chi connectivity index (χ1v) is 4.12. The third-order valence-electron chi connectivity index (χ3n) is 1.73. The van der Waals surface area contributed by atoms with Crippen LogP contribution in [0.25, 0.3) is 0 Å². The normalized spacial score (nSPS) is 12.1. The van der Waals surface area contributed by atoms with Crippen molar-refractivity contribution in [2.45, 2.75) is 39.7 Å². The van der Waals surface area contributed by atoms with E-state index in [9.17, 15) is 0 Å². The van der Waals surface area contributed by atoms with E-state index in [1.807, 2.05) is 6.92 Å². The molecule has 0 atom stereocenters. The first-order valence-electron chi connectivity index (χ1n) is 4.12. The van der Waals surface area contributed by atoms with Gasteiger partial charge in [-0.05, 0) is 6.92 Å². The Labute approximate surface area is 73.0 Å². The summed E-state index contributed by atoms with van der Waals surface area (Å²) in [5.74, 6) is 1.50. The molecule has 0 radical (unpaired) electrons. The lowest BCUT2D eigenvalue weighted by Gasteiger charge is -2.14. The summed E-state index contributed by atoms with van der Waals surface area (Å²) in [4.78, 5) is 4.31. The number of hydrogen-bond donors (Lipinski definition) is 1. The summed E-state index contributed by atoms with van der Waals surface area (Å²) in [6, 6.07) is 0.